The Morgan fingerprint density at radius 1 is 1.16 bits per heavy atom. The van der Waals surface area contributed by atoms with Crippen molar-refractivity contribution < 1.29 is 19.1 Å². The Morgan fingerprint density at radius 3 is 2.62 bits per heavy atom. The molecule has 170 valence electrons. The summed E-state index contributed by atoms with van der Waals surface area (Å²) in [5.74, 6) is 0.615. The normalized spacial score (nSPS) is 22.5. The van der Waals surface area contributed by atoms with E-state index in [-0.39, 0.29) is 22.5 Å². The zero-order valence-electron chi connectivity index (χ0n) is 18.4. The van der Waals surface area contributed by atoms with Gasteiger partial charge in [0.2, 0.25) is 5.91 Å². The van der Waals surface area contributed by atoms with Gasteiger partial charge in [-0.2, -0.15) is 0 Å². The van der Waals surface area contributed by atoms with E-state index in [0.29, 0.717) is 19.1 Å². The van der Waals surface area contributed by atoms with E-state index in [1.165, 1.54) is 5.56 Å². The molecule has 3 atom stereocenters. The molecule has 0 saturated carbocycles. The molecule has 0 aromatic heterocycles. The summed E-state index contributed by atoms with van der Waals surface area (Å²) in [6, 6.07) is 18.6. The number of nitrogens with one attached hydrogen (secondary N) is 1. The summed E-state index contributed by atoms with van der Waals surface area (Å²) in [5.41, 5.74) is 2.24. The molecule has 2 fully saturated rings. The summed E-state index contributed by atoms with van der Waals surface area (Å²) >= 11 is 1.06. The van der Waals surface area contributed by atoms with Crippen molar-refractivity contribution in [2.45, 2.75) is 43.6 Å². The van der Waals surface area contributed by atoms with E-state index in [4.69, 9.17) is 9.47 Å². The second-order valence-electron chi connectivity index (χ2n) is 8.25. The maximum Gasteiger partial charge on any atom is 0.286 e. The number of imide groups is 1. The molecule has 2 heterocycles. The van der Waals surface area contributed by atoms with Crippen molar-refractivity contribution in [2.75, 3.05) is 26.3 Å². The quantitative estimate of drug-likeness (QED) is 0.613. The number of rotatable bonds is 9. The summed E-state index contributed by atoms with van der Waals surface area (Å²) in [7, 11) is 0. The Hall–Kier alpha value is -2.35. The topological polar surface area (TPSA) is 67.9 Å². The summed E-state index contributed by atoms with van der Waals surface area (Å²) in [5, 5.41) is 1.73. The van der Waals surface area contributed by atoms with Crippen LogP contribution in [0.3, 0.4) is 0 Å². The molecule has 32 heavy (non-hydrogen) atoms. The first kappa shape index (κ1) is 22.8. The zero-order chi connectivity index (χ0) is 22.3. The lowest BCUT2D eigenvalue weighted by molar-refractivity contribution is -0.118. The molecule has 0 spiro atoms. The predicted octanol–water partition coefficient (Wildman–Crippen LogP) is 4.20. The third-order valence-electron chi connectivity index (χ3n) is 5.96. The van der Waals surface area contributed by atoms with Gasteiger partial charge in [-0.05, 0) is 36.1 Å². The Morgan fingerprint density at radius 2 is 1.94 bits per heavy atom. The fourth-order valence-electron chi connectivity index (χ4n) is 4.23. The largest absolute Gasteiger partial charge is 0.492 e. The monoisotopic (exact) mass is 454 g/mol. The second kappa shape index (κ2) is 11.0. The molecule has 3 unspecified atom stereocenters. The van der Waals surface area contributed by atoms with Gasteiger partial charge in [-0.25, -0.2) is 0 Å². The molecule has 0 bridgehead atoms. The molecule has 2 aliphatic heterocycles. The SMILES string of the molecule is CCCC(COc1ccc(CC2SC(=O)NC2=O)cc1)N1CCOC(c2ccccc2)C1. The number of benzene rings is 2. The van der Waals surface area contributed by atoms with E-state index < -0.39 is 0 Å². The van der Waals surface area contributed by atoms with Crippen LogP contribution in [0.4, 0.5) is 4.79 Å². The first-order valence-electron chi connectivity index (χ1n) is 11.3. The highest BCUT2D eigenvalue weighted by Gasteiger charge is 2.31. The number of nitrogens with zero attached hydrogens (tertiary/aromatic N) is 1. The maximum absolute atomic E-state index is 11.8. The molecule has 0 aliphatic carbocycles. The maximum atomic E-state index is 11.8. The van der Waals surface area contributed by atoms with Crippen molar-refractivity contribution in [1.29, 1.82) is 0 Å². The van der Waals surface area contributed by atoms with Gasteiger partial charge in [-0.3, -0.25) is 19.8 Å². The van der Waals surface area contributed by atoms with Crippen LogP contribution < -0.4 is 10.1 Å². The molecule has 2 aromatic rings. The Kier molecular flexibility index (Phi) is 7.84. The van der Waals surface area contributed by atoms with Crippen LogP contribution in [0, 0.1) is 0 Å². The van der Waals surface area contributed by atoms with Gasteiger partial charge < -0.3 is 9.47 Å². The molecule has 2 aromatic carbocycles. The van der Waals surface area contributed by atoms with Crippen LogP contribution in [0.15, 0.2) is 54.6 Å². The fourth-order valence-corrected chi connectivity index (χ4v) is 5.09. The highest BCUT2D eigenvalue weighted by molar-refractivity contribution is 8.15. The smallest absolute Gasteiger partial charge is 0.286 e. The highest BCUT2D eigenvalue weighted by atomic mass is 32.2. The van der Waals surface area contributed by atoms with Gasteiger partial charge in [0, 0.05) is 19.1 Å². The van der Waals surface area contributed by atoms with E-state index in [1.807, 2.05) is 30.3 Å². The van der Waals surface area contributed by atoms with E-state index >= 15 is 0 Å². The number of hydrogen-bond donors (Lipinski definition) is 1. The Balaban J connectivity index is 1.32. The fraction of sp³-hybridized carbons (Fsp3) is 0.440. The molecule has 2 amide bonds. The van der Waals surface area contributed by atoms with Gasteiger partial charge in [0.05, 0.1) is 18.0 Å². The van der Waals surface area contributed by atoms with Crippen molar-refractivity contribution in [3.63, 3.8) is 0 Å². The van der Waals surface area contributed by atoms with E-state index in [9.17, 15) is 9.59 Å². The number of morpholine rings is 1. The lowest BCUT2D eigenvalue weighted by Gasteiger charge is -2.38. The lowest BCUT2D eigenvalue weighted by Crippen LogP contribution is -2.47. The third-order valence-corrected chi connectivity index (χ3v) is 6.94. The number of thioether (sulfide) groups is 1. The van der Waals surface area contributed by atoms with Crippen LogP contribution in [0.2, 0.25) is 0 Å². The van der Waals surface area contributed by atoms with Crippen molar-refractivity contribution >= 4 is 22.9 Å². The Bertz CT molecular complexity index is 906. The minimum absolute atomic E-state index is 0.0983. The van der Waals surface area contributed by atoms with E-state index in [1.54, 1.807) is 0 Å². The molecule has 2 saturated heterocycles. The molecule has 7 heteroatoms. The van der Waals surface area contributed by atoms with Crippen molar-refractivity contribution in [3.8, 4) is 5.75 Å². The average Bonchev–Trinajstić information content (AvgIpc) is 3.14. The summed E-state index contributed by atoms with van der Waals surface area (Å²) in [6.07, 6.45) is 2.80. The Labute approximate surface area is 193 Å². The van der Waals surface area contributed by atoms with Gasteiger partial charge in [-0.1, -0.05) is 67.6 Å². The number of hydrogen-bond acceptors (Lipinski definition) is 6. The average molecular weight is 455 g/mol. The van der Waals surface area contributed by atoms with Crippen molar-refractivity contribution in [2.24, 2.45) is 0 Å². The van der Waals surface area contributed by atoms with Crippen LogP contribution in [0.1, 0.15) is 37.0 Å². The molecular formula is C25H30N2O4S. The number of ether oxygens (including phenoxy) is 2. The van der Waals surface area contributed by atoms with Gasteiger partial charge >= 0.3 is 0 Å². The first-order chi connectivity index (χ1) is 15.6. The standard InChI is InChI=1S/C25H30N2O4S/c1-2-6-20(27-13-14-30-22(16-27)19-7-4-3-5-8-19)17-31-21-11-9-18(10-12-21)15-23-24(28)26-25(29)32-23/h3-5,7-12,20,22-23H,2,6,13-17H2,1H3,(H,26,28,29). The lowest BCUT2D eigenvalue weighted by atomic mass is 10.0. The molecule has 6 nitrogen and oxygen atoms in total. The summed E-state index contributed by atoms with van der Waals surface area (Å²) in [6.45, 7) is 5.35. The van der Waals surface area contributed by atoms with Crippen LogP contribution in [0.5, 0.6) is 5.75 Å². The van der Waals surface area contributed by atoms with Crippen LogP contribution in [0.25, 0.3) is 0 Å². The van der Waals surface area contributed by atoms with E-state index in [2.05, 4.69) is 41.4 Å². The van der Waals surface area contributed by atoms with Gasteiger partial charge in [0.15, 0.2) is 0 Å². The van der Waals surface area contributed by atoms with E-state index in [0.717, 1.165) is 55.6 Å². The van der Waals surface area contributed by atoms with Crippen LogP contribution in [-0.4, -0.2) is 53.6 Å². The molecule has 2 aliphatic rings. The zero-order valence-corrected chi connectivity index (χ0v) is 19.2. The third kappa shape index (κ3) is 5.91. The summed E-state index contributed by atoms with van der Waals surface area (Å²) in [4.78, 5) is 25.6. The van der Waals surface area contributed by atoms with Crippen LogP contribution >= 0.6 is 11.8 Å². The molecule has 1 N–H and O–H groups in total. The first-order valence-corrected chi connectivity index (χ1v) is 12.1. The number of carbonyl (C=O) groups is 2. The van der Waals surface area contributed by atoms with Gasteiger partial charge in [0.25, 0.3) is 5.24 Å². The predicted molar refractivity (Wildman–Crippen MR) is 126 cm³/mol. The van der Waals surface area contributed by atoms with Crippen molar-refractivity contribution in [3.05, 3.63) is 65.7 Å². The number of carbonyl (C=O) groups excluding carboxylic acids is 2. The minimum atomic E-state index is -0.345. The second-order valence-corrected chi connectivity index (χ2v) is 9.43. The van der Waals surface area contributed by atoms with Crippen molar-refractivity contribution in [1.82, 2.24) is 10.2 Å². The van der Waals surface area contributed by atoms with Gasteiger partial charge in [-0.15, -0.1) is 0 Å². The van der Waals surface area contributed by atoms with Gasteiger partial charge in [0.1, 0.15) is 12.4 Å². The molecule has 4 rings (SSSR count). The minimum Gasteiger partial charge on any atom is -0.492 e. The van der Waals surface area contributed by atoms with Crippen LogP contribution in [-0.2, 0) is 16.0 Å². The summed E-state index contributed by atoms with van der Waals surface area (Å²) < 4.78 is 12.2. The highest BCUT2D eigenvalue weighted by Crippen LogP contribution is 2.26. The molecule has 0 radical (unpaired) electrons. The molecular weight excluding hydrogens is 424 g/mol. The number of amides is 2.